The highest BCUT2D eigenvalue weighted by molar-refractivity contribution is 5.95. The summed E-state index contributed by atoms with van der Waals surface area (Å²) in [4.78, 5) is 11.4. The van der Waals surface area contributed by atoms with Gasteiger partial charge in [-0.3, -0.25) is 9.48 Å². The summed E-state index contributed by atoms with van der Waals surface area (Å²) < 4.78 is 7.53. The normalized spacial score (nSPS) is 24.9. The molecule has 1 aliphatic heterocycles. The quantitative estimate of drug-likeness (QED) is 0.732. The number of aromatic nitrogens is 2. The van der Waals surface area contributed by atoms with E-state index >= 15 is 0 Å². The molecule has 1 aromatic heterocycles. The predicted octanol–water partition coefficient (Wildman–Crippen LogP) is 2.04. The van der Waals surface area contributed by atoms with Crippen LogP contribution >= 0.6 is 0 Å². The van der Waals surface area contributed by atoms with Gasteiger partial charge in [-0.25, -0.2) is 0 Å². The Morgan fingerprint density at radius 1 is 1.62 bits per heavy atom. The Labute approximate surface area is 95.6 Å². The lowest BCUT2D eigenvalue weighted by Gasteiger charge is -2.10. The summed E-state index contributed by atoms with van der Waals surface area (Å²) in [7, 11) is 0. The summed E-state index contributed by atoms with van der Waals surface area (Å²) in [5, 5.41) is 4.19. The lowest BCUT2D eigenvalue weighted by Crippen LogP contribution is -2.16. The number of hydrogen-bond acceptors (Lipinski definition) is 3. The second kappa shape index (κ2) is 4.78. The molecule has 1 aromatic rings. The largest absolute Gasteiger partial charge is 0.373 e. The van der Waals surface area contributed by atoms with E-state index in [0.717, 1.165) is 19.4 Å². The molecule has 2 unspecified atom stereocenters. The molecule has 0 N–H and O–H groups in total. The minimum atomic E-state index is 0.145. The second-order valence-electron chi connectivity index (χ2n) is 4.37. The molecule has 0 aromatic carbocycles. The highest BCUT2D eigenvalue weighted by Gasteiger charge is 2.22. The maximum absolute atomic E-state index is 11.4. The summed E-state index contributed by atoms with van der Waals surface area (Å²) in [6.07, 6.45) is 6.80. The summed E-state index contributed by atoms with van der Waals surface area (Å²) in [6, 6.07) is 0. The smallest absolute Gasteiger partial charge is 0.165 e. The fraction of sp³-hybridized carbons (Fsp3) is 0.667. The molecule has 0 spiro atoms. The number of rotatable bonds is 4. The van der Waals surface area contributed by atoms with E-state index in [9.17, 15) is 4.79 Å². The topological polar surface area (TPSA) is 44.1 Å². The molecule has 0 amide bonds. The van der Waals surface area contributed by atoms with Gasteiger partial charge in [0.1, 0.15) is 0 Å². The molecule has 4 nitrogen and oxygen atoms in total. The van der Waals surface area contributed by atoms with E-state index in [2.05, 4.69) is 12.0 Å². The molecule has 16 heavy (non-hydrogen) atoms. The van der Waals surface area contributed by atoms with Crippen LogP contribution in [0.15, 0.2) is 12.4 Å². The number of ketones is 1. The molecule has 2 rings (SSSR count). The van der Waals surface area contributed by atoms with Gasteiger partial charge in [0, 0.05) is 12.6 Å². The number of ether oxygens (including phenoxy) is 1. The van der Waals surface area contributed by atoms with Gasteiger partial charge in [0.15, 0.2) is 5.78 Å². The Morgan fingerprint density at radius 2 is 2.44 bits per heavy atom. The zero-order chi connectivity index (χ0) is 11.5. The van der Waals surface area contributed by atoms with Crippen molar-refractivity contribution in [2.24, 2.45) is 0 Å². The van der Waals surface area contributed by atoms with Crippen LogP contribution in [-0.4, -0.2) is 27.8 Å². The molecule has 0 saturated carbocycles. The number of hydrogen-bond donors (Lipinski definition) is 0. The average Bonchev–Trinajstić information content (AvgIpc) is 2.87. The zero-order valence-electron chi connectivity index (χ0n) is 9.85. The highest BCUT2D eigenvalue weighted by atomic mass is 16.5. The van der Waals surface area contributed by atoms with Gasteiger partial charge in [-0.15, -0.1) is 0 Å². The van der Waals surface area contributed by atoms with Crippen LogP contribution in [0.4, 0.5) is 0 Å². The van der Waals surface area contributed by atoms with Crippen LogP contribution in [0.2, 0.25) is 0 Å². The predicted molar refractivity (Wildman–Crippen MR) is 60.4 cm³/mol. The van der Waals surface area contributed by atoms with E-state index in [1.807, 2.05) is 17.8 Å². The van der Waals surface area contributed by atoms with Crippen LogP contribution in [-0.2, 0) is 11.3 Å². The molecule has 0 radical (unpaired) electrons. The first-order valence-electron chi connectivity index (χ1n) is 5.90. The first-order valence-corrected chi connectivity index (χ1v) is 5.90. The fourth-order valence-electron chi connectivity index (χ4n) is 2.04. The average molecular weight is 222 g/mol. The third kappa shape index (κ3) is 2.50. The van der Waals surface area contributed by atoms with Crippen molar-refractivity contribution < 1.29 is 9.53 Å². The molecule has 2 heterocycles. The molecule has 88 valence electrons. The van der Waals surface area contributed by atoms with Crippen LogP contribution in [0, 0.1) is 0 Å². The Balaban J connectivity index is 1.95. The minimum absolute atomic E-state index is 0.145. The van der Waals surface area contributed by atoms with Crippen molar-refractivity contribution in [3.05, 3.63) is 18.0 Å². The van der Waals surface area contributed by atoms with Crippen LogP contribution in [0.5, 0.6) is 0 Å². The summed E-state index contributed by atoms with van der Waals surface area (Å²) >= 11 is 0. The molecule has 0 bridgehead atoms. The van der Waals surface area contributed by atoms with Gasteiger partial charge in [-0.2, -0.15) is 5.10 Å². The molecule has 2 atom stereocenters. The Kier molecular flexibility index (Phi) is 3.39. The van der Waals surface area contributed by atoms with Crippen LogP contribution < -0.4 is 0 Å². The molecular formula is C12H18N2O2. The number of carbonyl (C=O) groups is 1. The van der Waals surface area contributed by atoms with E-state index < -0.39 is 0 Å². The maximum atomic E-state index is 11.4. The molecule has 0 aliphatic carbocycles. The number of nitrogens with zero attached hydrogens (tertiary/aromatic N) is 2. The van der Waals surface area contributed by atoms with E-state index in [-0.39, 0.29) is 11.9 Å². The van der Waals surface area contributed by atoms with Crippen LogP contribution in [0.1, 0.15) is 43.5 Å². The monoisotopic (exact) mass is 222 g/mol. The molecule has 1 aliphatic rings. The first-order chi connectivity index (χ1) is 7.69. The van der Waals surface area contributed by atoms with Gasteiger partial charge >= 0.3 is 0 Å². The van der Waals surface area contributed by atoms with Crippen LogP contribution in [0.3, 0.4) is 0 Å². The maximum Gasteiger partial charge on any atom is 0.165 e. The highest BCUT2D eigenvalue weighted by Crippen LogP contribution is 2.20. The van der Waals surface area contributed by atoms with Crippen molar-refractivity contribution in [1.29, 1.82) is 0 Å². The Hall–Kier alpha value is -1.16. The molecule has 4 heteroatoms. The summed E-state index contributed by atoms with van der Waals surface area (Å²) in [6.45, 7) is 4.71. The third-order valence-electron chi connectivity index (χ3n) is 2.99. The van der Waals surface area contributed by atoms with Gasteiger partial charge < -0.3 is 4.74 Å². The number of carbonyl (C=O) groups excluding carboxylic acids is 1. The minimum Gasteiger partial charge on any atom is -0.373 e. The molecule has 1 fully saturated rings. The van der Waals surface area contributed by atoms with Crippen molar-refractivity contribution >= 4 is 5.78 Å². The third-order valence-corrected chi connectivity index (χ3v) is 2.99. The number of Topliss-reactive ketones (excluding diaryl/α,β-unsaturated/α-hetero) is 1. The van der Waals surface area contributed by atoms with Gasteiger partial charge in [0.25, 0.3) is 0 Å². The van der Waals surface area contributed by atoms with Crippen molar-refractivity contribution in [2.75, 3.05) is 0 Å². The fourth-order valence-corrected chi connectivity index (χ4v) is 2.04. The second-order valence-corrected chi connectivity index (χ2v) is 4.37. The van der Waals surface area contributed by atoms with Gasteiger partial charge in [-0.1, -0.05) is 6.92 Å². The van der Waals surface area contributed by atoms with Crippen molar-refractivity contribution in [1.82, 2.24) is 9.78 Å². The Morgan fingerprint density at radius 3 is 3.06 bits per heavy atom. The SMILES string of the molecule is CCC(=O)c1cnn(CC2CCC(C)O2)c1. The lowest BCUT2D eigenvalue weighted by atomic mass is 10.2. The molecule has 1 saturated heterocycles. The summed E-state index contributed by atoms with van der Waals surface area (Å²) in [5.74, 6) is 0.145. The van der Waals surface area contributed by atoms with Crippen molar-refractivity contribution in [2.45, 2.75) is 51.9 Å². The van der Waals surface area contributed by atoms with E-state index in [4.69, 9.17) is 4.74 Å². The first kappa shape index (κ1) is 11.3. The molecular weight excluding hydrogens is 204 g/mol. The van der Waals surface area contributed by atoms with E-state index in [1.165, 1.54) is 0 Å². The van der Waals surface area contributed by atoms with Gasteiger partial charge in [0.2, 0.25) is 0 Å². The van der Waals surface area contributed by atoms with Crippen molar-refractivity contribution in [3.63, 3.8) is 0 Å². The summed E-state index contributed by atoms with van der Waals surface area (Å²) in [5.41, 5.74) is 0.702. The zero-order valence-corrected chi connectivity index (χ0v) is 9.85. The standard InChI is InChI=1S/C12H18N2O2/c1-3-12(15)10-6-13-14(7-10)8-11-5-4-9(2)16-11/h6-7,9,11H,3-5,8H2,1-2H3. The van der Waals surface area contributed by atoms with Gasteiger partial charge in [0.05, 0.1) is 30.5 Å². The van der Waals surface area contributed by atoms with Gasteiger partial charge in [-0.05, 0) is 19.8 Å². The van der Waals surface area contributed by atoms with E-state index in [1.54, 1.807) is 6.20 Å². The van der Waals surface area contributed by atoms with Crippen LogP contribution in [0.25, 0.3) is 0 Å². The lowest BCUT2D eigenvalue weighted by molar-refractivity contribution is 0.0437. The van der Waals surface area contributed by atoms with Crippen molar-refractivity contribution in [3.8, 4) is 0 Å². The Bertz CT molecular complexity index is 373. The van der Waals surface area contributed by atoms with E-state index in [0.29, 0.717) is 18.1 Å².